The van der Waals surface area contributed by atoms with Crippen molar-refractivity contribution in [3.8, 4) is 0 Å². The van der Waals surface area contributed by atoms with Crippen LogP contribution in [0.15, 0.2) is 53.7 Å². The number of hydrogen-bond acceptors (Lipinski definition) is 5. The molecule has 0 spiro atoms. The van der Waals surface area contributed by atoms with Gasteiger partial charge < -0.3 is 14.8 Å². The Morgan fingerprint density at radius 2 is 1.85 bits per heavy atom. The summed E-state index contributed by atoms with van der Waals surface area (Å²) in [6, 6.07) is 15.4. The third-order valence-electron chi connectivity index (χ3n) is 6.25. The van der Waals surface area contributed by atoms with Crippen molar-refractivity contribution in [2.45, 2.75) is 50.7 Å². The van der Waals surface area contributed by atoms with Crippen molar-refractivity contribution in [2.24, 2.45) is 7.05 Å². The van der Waals surface area contributed by atoms with E-state index >= 15 is 0 Å². The fraction of sp³-hybridized carbons (Fsp3) is 0.385. The van der Waals surface area contributed by atoms with Crippen LogP contribution in [-0.4, -0.2) is 43.8 Å². The van der Waals surface area contributed by atoms with E-state index < -0.39 is 0 Å². The number of rotatable bonds is 7. The highest BCUT2D eigenvalue weighted by molar-refractivity contribution is 7.99. The predicted molar refractivity (Wildman–Crippen MR) is 135 cm³/mol. The molecular weight excluding hydrogens is 446 g/mol. The van der Waals surface area contributed by atoms with Crippen molar-refractivity contribution in [1.29, 1.82) is 0 Å². The summed E-state index contributed by atoms with van der Waals surface area (Å²) in [5, 5.41) is 12.4. The summed E-state index contributed by atoms with van der Waals surface area (Å²) in [4.78, 5) is 27.8. The van der Waals surface area contributed by atoms with E-state index in [0.717, 1.165) is 41.0 Å². The number of nitrogens with zero attached hydrogens (tertiary/aromatic N) is 4. The van der Waals surface area contributed by atoms with Crippen molar-refractivity contribution in [3.63, 3.8) is 0 Å². The molecule has 1 atom stereocenters. The first-order valence-corrected chi connectivity index (χ1v) is 12.6. The van der Waals surface area contributed by atoms with E-state index in [0.29, 0.717) is 17.6 Å². The van der Waals surface area contributed by atoms with Gasteiger partial charge in [-0.15, -0.1) is 10.2 Å². The van der Waals surface area contributed by atoms with Gasteiger partial charge in [0.15, 0.2) is 11.0 Å². The molecule has 2 amide bonds. The second kappa shape index (κ2) is 10.4. The van der Waals surface area contributed by atoms with Crippen LogP contribution in [0.4, 0.5) is 5.69 Å². The first-order valence-electron chi connectivity index (χ1n) is 11.6. The molecule has 0 saturated carbocycles. The Bertz CT molecular complexity index is 1190. The van der Waals surface area contributed by atoms with E-state index in [1.54, 1.807) is 0 Å². The maximum Gasteiger partial charge on any atom is 0.254 e. The van der Waals surface area contributed by atoms with Gasteiger partial charge >= 0.3 is 0 Å². The molecule has 34 heavy (non-hydrogen) atoms. The normalized spacial score (nSPS) is 15.7. The summed E-state index contributed by atoms with van der Waals surface area (Å²) < 4.78 is 1.91. The molecule has 1 N–H and O–H groups in total. The minimum absolute atomic E-state index is 0.0287. The van der Waals surface area contributed by atoms with Gasteiger partial charge in [-0.2, -0.15) is 0 Å². The number of thioether (sulfide) groups is 1. The van der Waals surface area contributed by atoms with Gasteiger partial charge in [-0.1, -0.05) is 62.0 Å². The molecule has 1 aliphatic heterocycles. The molecular formula is C26H31N5O2S. The number of nitrogens with one attached hydrogen (secondary N) is 1. The minimum Gasteiger partial charge on any atom is -0.328 e. The zero-order chi connectivity index (χ0) is 24.2. The number of benzene rings is 2. The highest BCUT2D eigenvalue weighted by atomic mass is 32.2. The number of amides is 2. The Balaban J connectivity index is 1.43. The first kappa shape index (κ1) is 24.0. The largest absolute Gasteiger partial charge is 0.328 e. The number of likely N-dealkylation sites (tertiary alicyclic amines) is 1. The van der Waals surface area contributed by atoms with Crippen molar-refractivity contribution >= 4 is 29.3 Å². The highest BCUT2D eigenvalue weighted by Crippen LogP contribution is 2.34. The number of carbonyl (C=O) groups is 2. The minimum atomic E-state index is -0.120. The standard InChI is InChI=1S/C26H31N5O2S/c1-17(2)19-11-7-8-13-21(19)27-23(32)16-34-26-29-28-24(30(26)4)22-14-9-15-31(22)25(33)20-12-6-5-10-18(20)3/h5-8,10-13,17,22H,9,14-16H2,1-4H3,(H,27,32). The molecule has 0 aliphatic carbocycles. The summed E-state index contributed by atoms with van der Waals surface area (Å²) in [7, 11) is 1.90. The average molecular weight is 478 g/mol. The van der Waals surface area contributed by atoms with Gasteiger partial charge in [-0.3, -0.25) is 9.59 Å². The second-order valence-corrected chi connectivity index (χ2v) is 9.89. The molecule has 0 bridgehead atoms. The van der Waals surface area contributed by atoms with Crippen LogP contribution >= 0.6 is 11.8 Å². The molecule has 178 valence electrons. The predicted octanol–water partition coefficient (Wildman–Crippen LogP) is 4.96. The number of aromatic nitrogens is 3. The highest BCUT2D eigenvalue weighted by Gasteiger charge is 2.34. The molecule has 7 nitrogen and oxygen atoms in total. The van der Waals surface area contributed by atoms with Gasteiger partial charge in [0.2, 0.25) is 5.91 Å². The van der Waals surface area contributed by atoms with Gasteiger partial charge in [0.05, 0.1) is 11.8 Å². The number of aryl methyl sites for hydroxylation is 1. The smallest absolute Gasteiger partial charge is 0.254 e. The lowest BCUT2D eigenvalue weighted by molar-refractivity contribution is -0.113. The molecule has 1 saturated heterocycles. The fourth-order valence-electron chi connectivity index (χ4n) is 4.42. The van der Waals surface area contributed by atoms with E-state index in [9.17, 15) is 9.59 Å². The summed E-state index contributed by atoms with van der Waals surface area (Å²) in [6.45, 7) is 6.87. The van der Waals surface area contributed by atoms with E-state index in [1.165, 1.54) is 11.8 Å². The number of hydrogen-bond donors (Lipinski definition) is 1. The van der Waals surface area contributed by atoms with Gasteiger partial charge in [0, 0.05) is 24.8 Å². The molecule has 4 rings (SSSR count). The lowest BCUT2D eigenvalue weighted by Gasteiger charge is -2.24. The summed E-state index contributed by atoms with van der Waals surface area (Å²) in [5.74, 6) is 1.25. The zero-order valence-electron chi connectivity index (χ0n) is 20.1. The SMILES string of the molecule is Cc1ccccc1C(=O)N1CCCC1c1nnc(SCC(=O)Nc2ccccc2C(C)C)n1C. The van der Waals surface area contributed by atoms with Crippen molar-refractivity contribution < 1.29 is 9.59 Å². The average Bonchev–Trinajstić information content (AvgIpc) is 3.44. The maximum absolute atomic E-state index is 13.2. The summed E-state index contributed by atoms with van der Waals surface area (Å²) in [5.41, 5.74) is 3.65. The number of anilines is 1. The molecule has 1 unspecified atom stereocenters. The quantitative estimate of drug-likeness (QED) is 0.487. The maximum atomic E-state index is 13.2. The van der Waals surface area contributed by atoms with Gasteiger partial charge in [0.25, 0.3) is 5.91 Å². The van der Waals surface area contributed by atoms with Crippen LogP contribution in [0.3, 0.4) is 0 Å². The molecule has 1 aromatic heterocycles. The van der Waals surface area contributed by atoms with Gasteiger partial charge in [-0.25, -0.2) is 0 Å². The van der Waals surface area contributed by atoms with Crippen LogP contribution in [0.5, 0.6) is 0 Å². The molecule has 2 aromatic carbocycles. The van der Waals surface area contributed by atoms with Crippen molar-refractivity contribution in [1.82, 2.24) is 19.7 Å². The Morgan fingerprint density at radius 3 is 2.62 bits per heavy atom. The van der Waals surface area contributed by atoms with Crippen molar-refractivity contribution in [3.05, 3.63) is 71.0 Å². The zero-order valence-corrected chi connectivity index (χ0v) is 20.9. The second-order valence-electron chi connectivity index (χ2n) is 8.95. The Labute approximate surface area is 205 Å². The first-order chi connectivity index (χ1) is 16.4. The lowest BCUT2D eigenvalue weighted by Crippen LogP contribution is -2.32. The third kappa shape index (κ3) is 5.01. The Morgan fingerprint density at radius 1 is 1.12 bits per heavy atom. The van der Waals surface area contributed by atoms with E-state index in [2.05, 4.69) is 29.4 Å². The molecule has 3 aromatic rings. The molecule has 1 fully saturated rings. The van der Waals surface area contributed by atoms with Crippen LogP contribution in [0, 0.1) is 6.92 Å². The van der Waals surface area contributed by atoms with Crippen LogP contribution in [0.2, 0.25) is 0 Å². The fourth-order valence-corrected chi connectivity index (χ4v) is 5.14. The van der Waals surface area contributed by atoms with Gasteiger partial charge in [0.1, 0.15) is 0 Å². The number of para-hydroxylation sites is 1. The molecule has 2 heterocycles. The lowest BCUT2D eigenvalue weighted by atomic mass is 10.0. The number of carbonyl (C=O) groups excluding carboxylic acids is 2. The summed E-state index contributed by atoms with van der Waals surface area (Å²) >= 11 is 1.35. The molecule has 8 heteroatoms. The van der Waals surface area contributed by atoms with Crippen molar-refractivity contribution in [2.75, 3.05) is 17.6 Å². The third-order valence-corrected chi connectivity index (χ3v) is 7.27. The van der Waals surface area contributed by atoms with Crippen LogP contribution in [-0.2, 0) is 11.8 Å². The van der Waals surface area contributed by atoms with E-state index in [1.807, 2.05) is 72.0 Å². The monoisotopic (exact) mass is 477 g/mol. The summed E-state index contributed by atoms with van der Waals surface area (Å²) in [6.07, 6.45) is 1.77. The van der Waals surface area contributed by atoms with Crippen LogP contribution < -0.4 is 5.32 Å². The Kier molecular flexibility index (Phi) is 7.36. The Hall–Kier alpha value is -3.13. The van der Waals surface area contributed by atoms with E-state index in [-0.39, 0.29) is 23.6 Å². The molecule has 0 radical (unpaired) electrons. The van der Waals surface area contributed by atoms with Crippen LogP contribution in [0.25, 0.3) is 0 Å². The topological polar surface area (TPSA) is 80.1 Å². The van der Waals surface area contributed by atoms with Gasteiger partial charge in [-0.05, 0) is 48.9 Å². The van der Waals surface area contributed by atoms with E-state index in [4.69, 9.17) is 0 Å². The van der Waals surface area contributed by atoms with Crippen LogP contribution in [0.1, 0.15) is 66.0 Å². The molecule has 1 aliphatic rings.